The lowest BCUT2D eigenvalue weighted by atomic mass is 9.81. The Labute approximate surface area is 183 Å². The number of ether oxygens (including phenoxy) is 1. The number of hydrogen-bond acceptors (Lipinski definition) is 4. The van der Waals surface area contributed by atoms with Crippen molar-refractivity contribution in [2.45, 2.75) is 98.6 Å². The predicted octanol–water partition coefficient (Wildman–Crippen LogP) is 5.33. The van der Waals surface area contributed by atoms with Crippen molar-refractivity contribution in [1.82, 2.24) is 10.2 Å². The van der Waals surface area contributed by atoms with Crippen molar-refractivity contribution in [2.24, 2.45) is 0 Å². The van der Waals surface area contributed by atoms with Gasteiger partial charge in [-0.2, -0.15) is 0 Å². The fourth-order valence-corrected chi connectivity index (χ4v) is 4.59. The van der Waals surface area contributed by atoms with Crippen molar-refractivity contribution < 1.29 is 14.6 Å². The van der Waals surface area contributed by atoms with Crippen molar-refractivity contribution in [3.63, 3.8) is 0 Å². The maximum atomic E-state index is 12.9. The Morgan fingerprint density at radius 3 is 2.37 bits per heavy atom. The van der Waals surface area contributed by atoms with Gasteiger partial charge in [-0.3, -0.25) is 9.69 Å². The Bertz CT molecular complexity index is 743. The number of likely N-dealkylation sites (N-methyl/N-ethyl adjacent to an activating group) is 1. The standard InChI is InChI=1S/C25H42N2O3/c1-8-11-12-13-14-25(7)15-20(26-21(28)16-27(9-2)10-3)22-19(6)23(29)17(4)18(5)24(22)30-25/h20,29H,8-16H2,1-7H3,(H,26,28). The molecule has 0 aromatic heterocycles. The van der Waals surface area contributed by atoms with E-state index in [1.165, 1.54) is 19.3 Å². The number of carbonyl (C=O) groups excluding carboxylic acids is 1. The second-order valence-corrected chi connectivity index (χ2v) is 9.11. The highest BCUT2D eigenvalue weighted by Gasteiger charge is 2.40. The molecule has 0 saturated carbocycles. The van der Waals surface area contributed by atoms with E-state index in [4.69, 9.17) is 4.74 Å². The van der Waals surface area contributed by atoms with Crippen LogP contribution in [0.1, 0.15) is 94.5 Å². The van der Waals surface area contributed by atoms with Crippen molar-refractivity contribution in [3.05, 3.63) is 22.3 Å². The van der Waals surface area contributed by atoms with E-state index in [-0.39, 0.29) is 17.6 Å². The minimum absolute atomic E-state index is 0.0296. The van der Waals surface area contributed by atoms with Crippen molar-refractivity contribution in [1.29, 1.82) is 0 Å². The molecule has 2 unspecified atom stereocenters. The smallest absolute Gasteiger partial charge is 0.234 e. The molecule has 0 fully saturated rings. The highest BCUT2D eigenvalue weighted by molar-refractivity contribution is 5.79. The van der Waals surface area contributed by atoms with E-state index in [1.807, 2.05) is 20.8 Å². The van der Waals surface area contributed by atoms with E-state index in [9.17, 15) is 9.90 Å². The average Bonchev–Trinajstić information content (AvgIpc) is 2.71. The fraction of sp³-hybridized carbons (Fsp3) is 0.720. The number of amides is 1. The summed E-state index contributed by atoms with van der Waals surface area (Å²) in [5.74, 6) is 1.19. The number of rotatable bonds is 10. The predicted molar refractivity (Wildman–Crippen MR) is 123 cm³/mol. The van der Waals surface area contributed by atoms with E-state index in [0.717, 1.165) is 60.4 Å². The lowest BCUT2D eigenvalue weighted by Crippen LogP contribution is -2.46. The van der Waals surface area contributed by atoms with Gasteiger partial charge in [-0.25, -0.2) is 0 Å². The molecule has 0 spiro atoms. The molecule has 30 heavy (non-hydrogen) atoms. The highest BCUT2D eigenvalue weighted by Crippen LogP contribution is 2.48. The van der Waals surface area contributed by atoms with E-state index in [0.29, 0.717) is 12.3 Å². The summed E-state index contributed by atoms with van der Waals surface area (Å²) in [6.07, 6.45) is 6.46. The van der Waals surface area contributed by atoms with Crippen LogP contribution < -0.4 is 10.1 Å². The summed E-state index contributed by atoms with van der Waals surface area (Å²) in [4.78, 5) is 15.0. The van der Waals surface area contributed by atoms with Crippen LogP contribution in [0.3, 0.4) is 0 Å². The highest BCUT2D eigenvalue weighted by atomic mass is 16.5. The van der Waals surface area contributed by atoms with E-state index in [1.54, 1.807) is 0 Å². The maximum Gasteiger partial charge on any atom is 0.234 e. The summed E-state index contributed by atoms with van der Waals surface area (Å²) in [7, 11) is 0. The van der Waals surface area contributed by atoms with Gasteiger partial charge in [-0.1, -0.05) is 40.0 Å². The fourth-order valence-electron chi connectivity index (χ4n) is 4.59. The monoisotopic (exact) mass is 418 g/mol. The SMILES string of the molecule is CCCCCCC1(C)CC(NC(=O)CN(CC)CC)c2c(C)c(O)c(C)c(C)c2O1. The van der Waals surface area contributed by atoms with Crippen LogP contribution in [0.15, 0.2) is 0 Å². The first kappa shape index (κ1) is 24.5. The first-order valence-corrected chi connectivity index (χ1v) is 11.7. The van der Waals surface area contributed by atoms with Gasteiger partial charge in [0.2, 0.25) is 5.91 Å². The third kappa shape index (κ3) is 5.48. The number of carbonyl (C=O) groups is 1. The van der Waals surface area contributed by atoms with Crippen LogP contribution in [0.4, 0.5) is 0 Å². The second kappa shape index (κ2) is 10.5. The van der Waals surface area contributed by atoms with E-state index in [2.05, 4.69) is 37.9 Å². The third-order valence-electron chi connectivity index (χ3n) is 6.75. The largest absolute Gasteiger partial charge is 0.507 e. The molecule has 5 nitrogen and oxygen atoms in total. The van der Waals surface area contributed by atoms with E-state index >= 15 is 0 Å². The summed E-state index contributed by atoms with van der Waals surface area (Å²) >= 11 is 0. The van der Waals surface area contributed by atoms with Gasteiger partial charge in [0.25, 0.3) is 0 Å². The number of aromatic hydroxyl groups is 1. The molecule has 0 aliphatic carbocycles. The summed E-state index contributed by atoms with van der Waals surface area (Å²) in [5, 5.41) is 13.9. The van der Waals surface area contributed by atoms with Gasteiger partial charge in [-0.05, 0) is 64.8 Å². The maximum absolute atomic E-state index is 12.9. The number of nitrogens with one attached hydrogen (secondary N) is 1. The number of benzene rings is 1. The van der Waals surface area contributed by atoms with Crippen LogP contribution in [0.25, 0.3) is 0 Å². The Morgan fingerprint density at radius 1 is 1.10 bits per heavy atom. The number of fused-ring (bicyclic) bond motifs is 1. The Balaban J connectivity index is 2.36. The van der Waals surface area contributed by atoms with Gasteiger partial charge in [-0.15, -0.1) is 0 Å². The summed E-state index contributed by atoms with van der Waals surface area (Å²) < 4.78 is 6.61. The molecule has 0 bridgehead atoms. The molecule has 1 aliphatic rings. The Kier molecular flexibility index (Phi) is 8.60. The Hall–Kier alpha value is -1.75. The molecule has 1 aliphatic heterocycles. The van der Waals surface area contributed by atoms with Gasteiger partial charge in [0, 0.05) is 17.5 Å². The molecule has 2 atom stereocenters. The first-order valence-electron chi connectivity index (χ1n) is 11.7. The van der Waals surface area contributed by atoms with Gasteiger partial charge in [0.1, 0.15) is 17.1 Å². The van der Waals surface area contributed by atoms with Crippen molar-refractivity contribution in [3.8, 4) is 11.5 Å². The van der Waals surface area contributed by atoms with Gasteiger partial charge >= 0.3 is 0 Å². The Morgan fingerprint density at radius 2 is 1.77 bits per heavy atom. The molecule has 2 N–H and O–H groups in total. The molecular formula is C25H42N2O3. The van der Waals surface area contributed by atoms with Crippen LogP contribution in [-0.2, 0) is 4.79 Å². The summed E-state index contributed by atoms with van der Waals surface area (Å²) in [5.41, 5.74) is 3.25. The molecule has 1 aromatic rings. The number of nitrogens with zero attached hydrogens (tertiary/aromatic N) is 1. The normalized spacial score (nSPS) is 20.7. The minimum Gasteiger partial charge on any atom is -0.507 e. The van der Waals surface area contributed by atoms with Crippen LogP contribution in [-0.4, -0.2) is 41.1 Å². The number of phenolic OH excluding ortho intramolecular Hbond substituents is 1. The van der Waals surface area contributed by atoms with Gasteiger partial charge < -0.3 is 15.2 Å². The number of unbranched alkanes of at least 4 members (excludes halogenated alkanes) is 3. The molecule has 1 heterocycles. The second-order valence-electron chi connectivity index (χ2n) is 9.11. The minimum atomic E-state index is -0.325. The molecule has 170 valence electrons. The molecule has 2 rings (SSSR count). The van der Waals surface area contributed by atoms with Crippen molar-refractivity contribution >= 4 is 5.91 Å². The third-order valence-corrected chi connectivity index (χ3v) is 6.75. The summed E-state index contributed by atoms with van der Waals surface area (Å²) in [6.45, 7) is 16.5. The lowest BCUT2D eigenvalue weighted by Gasteiger charge is -2.42. The molecular weight excluding hydrogens is 376 g/mol. The number of phenols is 1. The molecule has 0 radical (unpaired) electrons. The lowest BCUT2D eigenvalue weighted by molar-refractivity contribution is -0.123. The van der Waals surface area contributed by atoms with Crippen LogP contribution >= 0.6 is 0 Å². The molecule has 5 heteroatoms. The van der Waals surface area contributed by atoms with Crippen LogP contribution in [0, 0.1) is 20.8 Å². The van der Waals surface area contributed by atoms with Gasteiger partial charge in [0.15, 0.2) is 0 Å². The quantitative estimate of drug-likeness (QED) is 0.504. The van der Waals surface area contributed by atoms with Crippen molar-refractivity contribution in [2.75, 3.05) is 19.6 Å². The number of hydrogen-bond donors (Lipinski definition) is 2. The molecule has 1 aromatic carbocycles. The zero-order valence-electron chi connectivity index (χ0n) is 20.2. The topological polar surface area (TPSA) is 61.8 Å². The zero-order chi connectivity index (χ0) is 22.5. The van der Waals surface area contributed by atoms with E-state index < -0.39 is 0 Å². The average molecular weight is 419 g/mol. The molecule has 0 saturated heterocycles. The first-order chi connectivity index (χ1) is 14.2. The molecule has 1 amide bonds. The zero-order valence-corrected chi connectivity index (χ0v) is 20.2. The van der Waals surface area contributed by atoms with Crippen LogP contribution in [0.2, 0.25) is 0 Å². The van der Waals surface area contributed by atoms with Gasteiger partial charge in [0.05, 0.1) is 12.6 Å². The summed E-state index contributed by atoms with van der Waals surface area (Å²) in [6, 6.07) is -0.154. The van der Waals surface area contributed by atoms with Crippen LogP contribution in [0.5, 0.6) is 11.5 Å².